The summed E-state index contributed by atoms with van der Waals surface area (Å²) in [5.41, 5.74) is 5.62. The molecule has 0 bridgehead atoms. The van der Waals surface area contributed by atoms with Crippen molar-refractivity contribution in [2.45, 2.75) is 33.2 Å². The summed E-state index contributed by atoms with van der Waals surface area (Å²) in [7, 11) is 0. The van der Waals surface area contributed by atoms with Crippen LogP contribution >= 0.6 is 0 Å². The van der Waals surface area contributed by atoms with Crippen molar-refractivity contribution in [3.8, 4) is 11.1 Å². The van der Waals surface area contributed by atoms with Crippen LogP contribution in [-0.4, -0.2) is 18.0 Å². The molecule has 0 saturated heterocycles. The molecule has 0 saturated carbocycles. The summed E-state index contributed by atoms with van der Waals surface area (Å²) in [6.45, 7) is 9.07. The molecule has 0 N–H and O–H groups in total. The first kappa shape index (κ1) is 18.8. The van der Waals surface area contributed by atoms with Crippen LogP contribution in [0.2, 0.25) is 0 Å². The van der Waals surface area contributed by atoms with Crippen LogP contribution in [0.3, 0.4) is 0 Å². The Kier molecular flexibility index (Phi) is 5.02. The van der Waals surface area contributed by atoms with Crippen molar-refractivity contribution in [2.24, 2.45) is 4.99 Å². The largest absolute Gasteiger partial charge is 1.00 e. The van der Waals surface area contributed by atoms with Gasteiger partial charge in [0.1, 0.15) is 12.5 Å². The fourth-order valence-electron chi connectivity index (χ4n) is 3.51. The Bertz CT molecular complexity index is 984. The van der Waals surface area contributed by atoms with E-state index < -0.39 is 0 Å². The number of ether oxygens (including phenoxy) is 1. The van der Waals surface area contributed by atoms with Gasteiger partial charge in [0, 0.05) is 0 Å². The van der Waals surface area contributed by atoms with Gasteiger partial charge in [-0.15, -0.1) is 12.1 Å². The number of aliphatic imine (C=N–C) groups is 1. The molecule has 126 valence electrons. The normalized spacial score (nSPS) is 15.3. The van der Waals surface area contributed by atoms with Crippen LogP contribution in [0.4, 0.5) is 0 Å². The maximum absolute atomic E-state index is 5.94. The molecule has 3 heteroatoms. The molecule has 1 aliphatic rings. The topological polar surface area (TPSA) is 21.6 Å². The van der Waals surface area contributed by atoms with E-state index in [2.05, 4.69) is 76.2 Å². The molecule has 0 unspecified atom stereocenters. The molecule has 2 nitrogen and oxygen atoms in total. The smallest absolute Gasteiger partial charge is 0.518 e. The maximum atomic E-state index is 5.94. The van der Waals surface area contributed by atoms with Gasteiger partial charge in [-0.3, -0.25) is 4.99 Å². The number of aryl methyl sites for hydroxylation is 2. The molecule has 0 atom stereocenters. The van der Waals surface area contributed by atoms with Crippen LogP contribution in [0.15, 0.2) is 53.5 Å². The first-order chi connectivity index (χ1) is 11.9. The Labute approximate surface area is 167 Å². The van der Waals surface area contributed by atoms with Gasteiger partial charge in [0.05, 0.1) is 5.54 Å². The molecule has 0 aliphatic carbocycles. The van der Waals surface area contributed by atoms with Crippen molar-refractivity contribution in [2.75, 3.05) is 6.61 Å². The van der Waals surface area contributed by atoms with Crippen LogP contribution in [0.1, 0.15) is 30.5 Å². The fourth-order valence-corrected chi connectivity index (χ4v) is 3.51. The molecule has 0 radical (unpaired) electrons. The second-order valence-electron chi connectivity index (χ2n) is 7.52. The number of hydrogen-bond donors (Lipinski definition) is 0. The van der Waals surface area contributed by atoms with E-state index >= 15 is 0 Å². The van der Waals surface area contributed by atoms with Gasteiger partial charge in [0.25, 0.3) is 0 Å². The molecule has 0 amide bonds. The van der Waals surface area contributed by atoms with Gasteiger partial charge in [-0.25, -0.2) is 0 Å². The summed E-state index contributed by atoms with van der Waals surface area (Å²) in [6, 6.07) is 20.6. The summed E-state index contributed by atoms with van der Waals surface area (Å²) in [6.07, 6.45) is 0. The minimum absolute atomic E-state index is 0. The summed E-state index contributed by atoms with van der Waals surface area (Å²) in [4.78, 5) is 4.79. The molecular weight excluding hydrogens is 313 g/mol. The van der Waals surface area contributed by atoms with Crippen LogP contribution in [0.5, 0.6) is 0 Å². The van der Waals surface area contributed by atoms with Gasteiger partial charge in [0.2, 0.25) is 0 Å². The molecule has 4 rings (SSSR count). The predicted molar refractivity (Wildman–Crippen MR) is 104 cm³/mol. The molecular formula is C23H22LiNO. The third kappa shape index (κ3) is 3.45. The van der Waals surface area contributed by atoms with Gasteiger partial charge >= 0.3 is 18.9 Å². The second-order valence-corrected chi connectivity index (χ2v) is 7.52. The Hall–Kier alpha value is -2.01. The van der Waals surface area contributed by atoms with Crippen LogP contribution < -0.4 is 18.9 Å². The zero-order valence-electron chi connectivity index (χ0n) is 16.2. The van der Waals surface area contributed by atoms with Crippen molar-refractivity contribution in [3.63, 3.8) is 0 Å². The molecule has 0 aromatic heterocycles. The van der Waals surface area contributed by atoms with E-state index in [1.54, 1.807) is 0 Å². The Balaban J connectivity index is 0.00000196. The fraction of sp³-hybridized carbons (Fsp3) is 0.261. The van der Waals surface area contributed by atoms with E-state index in [0.29, 0.717) is 12.5 Å². The molecule has 0 spiro atoms. The maximum Gasteiger partial charge on any atom is 1.00 e. The van der Waals surface area contributed by atoms with E-state index in [-0.39, 0.29) is 24.4 Å². The molecule has 3 aromatic rings. The van der Waals surface area contributed by atoms with Crippen LogP contribution in [-0.2, 0) is 4.74 Å². The van der Waals surface area contributed by atoms with E-state index in [9.17, 15) is 0 Å². The van der Waals surface area contributed by atoms with Crippen molar-refractivity contribution >= 4 is 16.7 Å². The summed E-state index contributed by atoms with van der Waals surface area (Å²) in [5, 5.41) is 2.38. The number of nitrogens with zero attached hydrogens (tertiary/aromatic N) is 1. The summed E-state index contributed by atoms with van der Waals surface area (Å²) >= 11 is 0. The first-order valence-electron chi connectivity index (χ1n) is 8.68. The zero-order valence-corrected chi connectivity index (χ0v) is 16.2. The minimum Gasteiger partial charge on any atom is -0.518 e. The zero-order chi connectivity index (χ0) is 17.6. The van der Waals surface area contributed by atoms with Crippen molar-refractivity contribution in [3.05, 3.63) is 71.3 Å². The SMILES string of the molecule is Cc1cc(C)cc(-c2c(C3=NC(C)(C)CO3)[c-]cc3ccccc23)c1.[Li+]. The first-order valence-corrected chi connectivity index (χ1v) is 8.68. The van der Waals surface area contributed by atoms with E-state index in [0.717, 1.165) is 11.1 Å². The van der Waals surface area contributed by atoms with Crippen molar-refractivity contribution < 1.29 is 23.6 Å². The number of benzene rings is 3. The average Bonchev–Trinajstić information content (AvgIpc) is 2.92. The van der Waals surface area contributed by atoms with Crippen LogP contribution in [0.25, 0.3) is 21.9 Å². The second kappa shape index (κ2) is 6.95. The van der Waals surface area contributed by atoms with Gasteiger partial charge in [0.15, 0.2) is 0 Å². The van der Waals surface area contributed by atoms with E-state index in [4.69, 9.17) is 9.73 Å². The molecule has 1 aliphatic heterocycles. The average molecular weight is 335 g/mol. The van der Waals surface area contributed by atoms with Gasteiger partial charge in [-0.1, -0.05) is 81.1 Å². The van der Waals surface area contributed by atoms with Crippen LogP contribution in [0, 0.1) is 19.9 Å². The molecule has 0 fully saturated rings. The third-order valence-corrected chi connectivity index (χ3v) is 4.54. The molecule has 3 aromatic carbocycles. The number of rotatable bonds is 2. The monoisotopic (exact) mass is 335 g/mol. The quantitative estimate of drug-likeness (QED) is 0.521. The minimum atomic E-state index is -0.186. The van der Waals surface area contributed by atoms with Gasteiger partial charge in [-0.2, -0.15) is 0 Å². The Morgan fingerprint density at radius 1 is 1.04 bits per heavy atom. The third-order valence-electron chi connectivity index (χ3n) is 4.54. The molecule has 1 heterocycles. The van der Waals surface area contributed by atoms with Gasteiger partial charge < -0.3 is 4.74 Å². The van der Waals surface area contributed by atoms with Crippen molar-refractivity contribution in [1.82, 2.24) is 0 Å². The van der Waals surface area contributed by atoms with Crippen molar-refractivity contribution in [1.29, 1.82) is 0 Å². The van der Waals surface area contributed by atoms with Gasteiger partial charge in [-0.05, 0) is 27.7 Å². The number of hydrogen-bond acceptors (Lipinski definition) is 2. The number of fused-ring (bicyclic) bond motifs is 1. The Morgan fingerprint density at radius 3 is 2.38 bits per heavy atom. The van der Waals surface area contributed by atoms with E-state index in [1.807, 2.05) is 6.07 Å². The summed E-state index contributed by atoms with van der Waals surface area (Å²) < 4.78 is 5.94. The molecule has 26 heavy (non-hydrogen) atoms. The predicted octanol–water partition coefficient (Wildman–Crippen LogP) is 2.48. The summed E-state index contributed by atoms with van der Waals surface area (Å²) in [5.74, 6) is 0.699. The standard InChI is InChI=1S/C23H22NO.Li/c1-15-11-16(2)13-18(12-15)21-19-8-6-5-7-17(19)9-10-20(21)22-24-23(3,4)14-25-22;/h5-9,11-13H,14H2,1-4H3;/q-1;+1. The van der Waals surface area contributed by atoms with E-state index in [1.165, 1.54) is 27.5 Å². The Morgan fingerprint density at radius 2 is 1.73 bits per heavy atom.